The Bertz CT molecular complexity index is 1470. The highest BCUT2D eigenvalue weighted by atomic mass is 32.2. The van der Waals surface area contributed by atoms with Crippen molar-refractivity contribution in [3.63, 3.8) is 0 Å². The summed E-state index contributed by atoms with van der Waals surface area (Å²) in [5.41, 5.74) is 2.83. The zero-order chi connectivity index (χ0) is 26.1. The Balaban J connectivity index is 1.33. The number of benzene rings is 2. The Morgan fingerprint density at radius 2 is 1.65 bits per heavy atom. The number of anilines is 2. The number of carbonyl (C=O) groups excluding carboxylic acids is 1. The molecule has 3 aliphatic carbocycles. The summed E-state index contributed by atoms with van der Waals surface area (Å²) in [6.07, 6.45) is 10.5. The summed E-state index contributed by atoms with van der Waals surface area (Å²) >= 11 is 0. The highest BCUT2D eigenvalue weighted by Crippen LogP contribution is 2.62. The fourth-order valence-corrected chi connectivity index (χ4v) is 8.16. The van der Waals surface area contributed by atoms with Crippen LogP contribution in [0.5, 0.6) is 0 Å². The molecule has 10 heteroatoms. The fourth-order valence-electron chi connectivity index (χ4n) is 6.26. The van der Waals surface area contributed by atoms with E-state index in [1.165, 1.54) is 25.0 Å². The molecule has 37 heavy (non-hydrogen) atoms. The quantitative estimate of drug-likeness (QED) is 0.569. The van der Waals surface area contributed by atoms with Gasteiger partial charge in [0.25, 0.3) is 5.91 Å². The van der Waals surface area contributed by atoms with Crippen molar-refractivity contribution in [1.82, 2.24) is 4.72 Å². The van der Waals surface area contributed by atoms with Crippen molar-refractivity contribution in [2.75, 3.05) is 22.4 Å². The Labute approximate surface area is 218 Å². The third kappa shape index (κ3) is 4.68. The first-order chi connectivity index (χ1) is 17.5. The SMILES string of the molecule is CS(=O)(=O)Nc1ccc2c(c1)C1(CCC3(CC3)CC1)CN2C(=O)c1cccc(S(=O)(=O)NC2CCC2)c1. The summed E-state index contributed by atoms with van der Waals surface area (Å²) < 4.78 is 54.9. The minimum absolute atomic E-state index is 0.0366. The van der Waals surface area contributed by atoms with E-state index in [-0.39, 0.29) is 22.3 Å². The predicted octanol–water partition coefficient (Wildman–Crippen LogP) is 4.14. The second-order valence-corrected chi connectivity index (χ2v) is 15.0. The highest BCUT2D eigenvalue weighted by Gasteiger charge is 2.53. The van der Waals surface area contributed by atoms with E-state index in [1.807, 2.05) is 12.1 Å². The molecule has 0 unspecified atom stereocenters. The number of nitrogens with zero attached hydrogens (tertiary/aromatic N) is 1. The second-order valence-electron chi connectivity index (χ2n) is 11.6. The van der Waals surface area contributed by atoms with Crippen LogP contribution in [0.2, 0.25) is 0 Å². The van der Waals surface area contributed by atoms with Gasteiger partial charge in [-0.15, -0.1) is 0 Å². The van der Waals surface area contributed by atoms with Crippen molar-refractivity contribution in [1.29, 1.82) is 0 Å². The lowest BCUT2D eigenvalue weighted by molar-refractivity contribution is 0.0980. The van der Waals surface area contributed by atoms with Gasteiger partial charge in [0.2, 0.25) is 20.0 Å². The maximum Gasteiger partial charge on any atom is 0.258 e. The topological polar surface area (TPSA) is 113 Å². The van der Waals surface area contributed by atoms with Gasteiger partial charge in [-0.25, -0.2) is 21.6 Å². The highest BCUT2D eigenvalue weighted by molar-refractivity contribution is 7.92. The van der Waals surface area contributed by atoms with Gasteiger partial charge in [-0.1, -0.05) is 12.5 Å². The third-order valence-electron chi connectivity index (χ3n) is 8.91. The second kappa shape index (κ2) is 8.54. The maximum atomic E-state index is 13.9. The molecule has 8 nitrogen and oxygen atoms in total. The maximum absolute atomic E-state index is 13.9. The third-order valence-corrected chi connectivity index (χ3v) is 11.0. The van der Waals surface area contributed by atoms with E-state index in [1.54, 1.807) is 23.1 Å². The Morgan fingerprint density at radius 1 is 0.946 bits per heavy atom. The van der Waals surface area contributed by atoms with E-state index < -0.39 is 20.0 Å². The van der Waals surface area contributed by atoms with Gasteiger partial charge in [0.15, 0.2) is 0 Å². The molecular weight excluding hydrogens is 510 g/mol. The molecule has 3 fully saturated rings. The Hall–Kier alpha value is -2.43. The zero-order valence-electron chi connectivity index (χ0n) is 21.0. The van der Waals surface area contributed by atoms with E-state index in [0.29, 0.717) is 23.2 Å². The van der Waals surface area contributed by atoms with Crippen LogP contribution in [0, 0.1) is 5.41 Å². The number of nitrogens with one attached hydrogen (secondary N) is 2. The number of hydrogen-bond donors (Lipinski definition) is 2. The van der Waals surface area contributed by atoms with Crippen molar-refractivity contribution in [3.8, 4) is 0 Å². The van der Waals surface area contributed by atoms with Gasteiger partial charge < -0.3 is 4.90 Å². The fraction of sp³-hybridized carbons (Fsp3) is 0.519. The Kier molecular flexibility index (Phi) is 5.74. The van der Waals surface area contributed by atoms with Crippen LogP contribution in [0.4, 0.5) is 11.4 Å². The largest absolute Gasteiger partial charge is 0.307 e. The van der Waals surface area contributed by atoms with Gasteiger partial charge in [-0.05, 0) is 98.7 Å². The van der Waals surface area contributed by atoms with E-state index in [0.717, 1.165) is 62.5 Å². The first kappa shape index (κ1) is 24.9. The monoisotopic (exact) mass is 543 g/mol. The summed E-state index contributed by atoms with van der Waals surface area (Å²) in [5.74, 6) is -0.241. The van der Waals surface area contributed by atoms with Crippen LogP contribution >= 0.6 is 0 Å². The summed E-state index contributed by atoms with van der Waals surface area (Å²) in [6, 6.07) is 11.6. The molecule has 0 radical (unpaired) electrons. The molecule has 4 aliphatic rings. The molecule has 2 spiro atoms. The van der Waals surface area contributed by atoms with Crippen LogP contribution < -0.4 is 14.3 Å². The summed E-state index contributed by atoms with van der Waals surface area (Å²) in [7, 11) is -7.14. The lowest BCUT2D eigenvalue weighted by Crippen LogP contribution is -2.40. The van der Waals surface area contributed by atoms with Crippen LogP contribution in [0.3, 0.4) is 0 Å². The number of hydrogen-bond acceptors (Lipinski definition) is 5. The average molecular weight is 544 g/mol. The first-order valence-corrected chi connectivity index (χ1v) is 16.4. The molecule has 1 amide bonds. The summed E-state index contributed by atoms with van der Waals surface area (Å²) in [5, 5.41) is 0. The number of amides is 1. The van der Waals surface area contributed by atoms with Crippen molar-refractivity contribution in [2.24, 2.45) is 5.41 Å². The van der Waals surface area contributed by atoms with Gasteiger partial charge in [-0.2, -0.15) is 0 Å². The predicted molar refractivity (Wildman–Crippen MR) is 143 cm³/mol. The standard InChI is InChI=1S/C27H33N3O5S2/c1-36(32,33)28-21-8-9-24-23(17-21)27(14-12-26(10-11-26)13-15-27)18-30(24)25(31)19-4-2-7-22(16-19)37(34,35)29-20-5-3-6-20/h2,4,7-9,16-17,20,28-29H,3,5-6,10-15,18H2,1H3. The number of sulfonamides is 2. The molecule has 0 saturated heterocycles. The van der Waals surface area contributed by atoms with Crippen molar-refractivity contribution < 1.29 is 21.6 Å². The van der Waals surface area contributed by atoms with Crippen molar-refractivity contribution in [2.45, 2.75) is 74.1 Å². The molecule has 3 saturated carbocycles. The minimum Gasteiger partial charge on any atom is -0.307 e. The number of fused-ring (bicyclic) bond motifs is 2. The van der Waals surface area contributed by atoms with E-state index in [4.69, 9.17) is 0 Å². The molecule has 0 bridgehead atoms. The molecule has 0 atom stereocenters. The van der Waals surface area contributed by atoms with Gasteiger partial charge in [0.1, 0.15) is 0 Å². The first-order valence-electron chi connectivity index (χ1n) is 13.0. The average Bonchev–Trinajstić information content (AvgIpc) is 3.52. The van der Waals surface area contributed by atoms with Crippen LogP contribution in [-0.4, -0.2) is 41.6 Å². The normalized spacial score (nSPS) is 22.0. The summed E-state index contributed by atoms with van der Waals surface area (Å²) in [4.78, 5) is 15.7. The molecule has 2 aromatic rings. The molecule has 2 aromatic carbocycles. The van der Waals surface area contributed by atoms with E-state index in [2.05, 4.69) is 9.44 Å². The number of rotatable bonds is 6. The van der Waals surface area contributed by atoms with Gasteiger partial charge in [0, 0.05) is 34.9 Å². The molecule has 6 rings (SSSR count). The van der Waals surface area contributed by atoms with Crippen LogP contribution in [0.15, 0.2) is 47.4 Å². The lowest BCUT2D eigenvalue weighted by atomic mass is 9.66. The van der Waals surface area contributed by atoms with Crippen molar-refractivity contribution in [3.05, 3.63) is 53.6 Å². The van der Waals surface area contributed by atoms with E-state index >= 15 is 0 Å². The van der Waals surface area contributed by atoms with Gasteiger partial charge in [-0.3, -0.25) is 9.52 Å². The molecule has 1 aliphatic heterocycles. The van der Waals surface area contributed by atoms with Gasteiger partial charge in [0.05, 0.1) is 11.2 Å². The van der Waals surface area contributed by atoms with Gasteiger partial charge >= 0.3 is 0 Å². The molecular formula is C27H33N3O5S2. The molecule has 1 heterocycles. The van der Waals surface area contributed by atoms with Crippen LogP contribution in [-0.2, 0) is 25.5 Å². The van der Waals surface area contributed by atoms with E-state index in [9.17, 15) is 21.6 Å². The van der Waals surface area contributed by atoms with Crippen LogP contribution in [0.25, 0.3) is 0 Å². The molecule has 0 aromatic heterocycles. The smallest absolute Gasteiger partial charge is 0.258 e. The zero-order valence-corrected chi connectivity index (χ0v) is 22.6. The molecule has 198 valence electrons. The molecule has 2 N–H and O–H groups in total. The summed E-state index contributed by atoms with van der Waals surface area (Å²) in [6.45, 7) is 0.511. The lowest BCUT2D eigenvalue weighted by Gasteiger charge is -2.38. The Morgan fingerprint density at radius 3 is 2.27 bits per heavy atom. The number of carbonyl (C=O) groups is 1. The minimum atomic E-state index is -3.70. The van der Waals surface area contributed by atoms with Crippen LogP contribution in [0.1, 0.15) is 73.7 Å². The van der Waals surface area contributed by atoms with Crippen molar-refractivity contribution >= 4 is 37.3 Å².